The highest BCUT2D eigenvalue weighted by atomic mass is 19.1. The van der Waals surface area contributed by atoms with Crippen LogP contribution in [0.5, 0.6) is 5.75 Å². The molecule has 1 fully saturated rings. The Balaban J connectivity index is 2.06. The van der Waals surface area contributed by atoms with Gasteiger partial charge in [-0.2, -0.15) is 0 Å². The van der Waals surface area contributed by atoms with Crippen molar-refractivity contribution in [3.05, 3.63) is 29.6 Å². The number of nitrogens with two attached hydrogens (primary N) is 1. The van der Waals surface area contributed by atoms with Gasteiger partial charge in [0.05, 0.1) is 25.1 Å². The van der Waals surface area contributed by atoms with Crippen LogP contribution in [0, 0.1) is 11.7 Å². The Morgan fingerprint density at radius 3 is 2.85 bits per heavy atom. The van der Waals surface area contributed by atoms with Crippen LogP contribution in [0.15, 0.2) is 18.2 Å². The monoisotopic (exact) mass is 280 g/mol. The second-order valence-electron chi connectivity index (χ2n) is 4.89. The molecule has 0 saturated carbocycles. The maximum absolute atomic E-state index is 13.2. The predicted molar refractivity (Wildman–Crippen MR) is 71.0 cm³/mol. The van der Waals surface area contributed by atoms with E-state index in [1.54, 1.807) is 0 Å². The Labute approximate surface area is 116 Å². The molecule has 5 nitrogen and oxygen atoms in total. The van der Waals surface area contributed by atoms with Crippen molar-refractivity contribution < 1.29 is 18.7 Å². The Hall–Kier alpha value is -1.95. The van der Waals surface area contributed by atoms with Gasteiger partial charge >= 0.3 is 0 Å². The summed E-state index contributed by atoms with van der Waals surface area (Å²) in [5, 5.41) is 0. The number of benzene rings is 1. The van der Waals surface area contributed by atoms with Gasteiger partial charge in [-0.1, -0.05) is 0 Å². The van der Waals surface area contributed by atoms with Gasteiger partial charge in [0.25, 0.3) is 0 Å². The molecule has 1 aromatic rings. The molecule has 2 N–H and O–H groups in total. The van der Waals surface area contributed by atoms with Gasteiger partial charge in [-0.15, -0.1) is 0 Å². The van der Waals surface area contributed by atoms with Crippen molar-refractivity contribution in [2.75, 3.05) is 26.7 Å². The van der Waals surface area contributed by atoms with Gasteiger partial charge in [0.1, 0.15) is 11.6 Å². The number of ketones is 1. The smallest absolute Gasteiger partial charge is 0.221 e. The van der Waals surface area contributed by atoms with Crippen molar-refractivity contribution in [2.45, 2.75) is 6.42 Å². The van der Waals surface area contributed by atoms with E-state index in [0.29, 0.717) is 25.3 Å². The van der Waals surface area contributed by atoms with E-state index in [4.69, 9.17) is 10.5 Å². The largest absolute Gasteiger partial charge is 0.496 e. The molecule has 0 bridgehead atoms. The van der Waals surface area contributed by atoms with E-state index < -0.39 is 5.82 Å². The summed E-state index contributed by atoms with van der Waals surface area (Å²) in [5.74, 6) is -0.917. The normalized spacial score (nSPS) is 19.0. The molecule has 2 rings (SSSR count). The SMILES string of the molecule is COc1ccc(F)cc1C(=O)CN1CCC(C(N)=O)C1. The van der Waals surface area contributed by atoms with Gasteiger partial charge in [0.15, 0.2) is 5.78 Å². The lowest BCUT2D eigenvalue weighted by Gasteiger charge is -2.15. The third-order valence-corrected chi connectivity index (χ3v) is 3.50. The zero-order chi connectivity index (χ0) is 14.7. The minimum Gasteiger partial charge on any atom is -0.496 e. The number of hydrogen-bond donors (Lipinski definition) is 1. The summed E-state index contributed by atoms with van der Waals surface area (Å²) in [6, 6.07) is 3.84. The van der Waals surface area contributed by atoms with Crippen LogP contribution in [-0.4, -0.2) is 43.3 Å². The third-order valence-electron chi connectivity index (χ3n) is 3.50. The van der Waals surface area contributed by atoms with Crippen molar-refractivity contribution >= 4 is 11.7 Å². The van der Waals surface area contributed by atoms with Crippen LogP contribution in [0.25, 0.3) is 0 Å². The first-order chi connectivity index (χ1) is 9.51. The molecule has 0 spiro atoms. The van der Waals surface area contributed by atoms with Crippen LogP contribution < -0.4 is 10.5 Å². The highest BCUT2D eigenvalue weighted by Gasteiger charge is 2.28. The summed E-state index contributed by atoms with van der Waals surface area (Å²) in [5.41, 5.74) is 5.46. The Morgan fingerprint density at radius 1 is 1.50 bits per heavy atom. The number of Topliss-reactive ketones (excluding diaryl/α,β-unsaturated/α-hetero) is 1. The fourth-order valence-electron chi connectivity index (χ4n) is 2.39. The molecular weight excluding hydrogens is 263 g/mol. The second kappa shape index (κ2) is 6.00. The van der Waals surface area contributed by atoms with Crippen LogP contribution in [-0.2, 0) is 4.79 Å². The minimum absolute atomic E-state index is 0.129. The molecule has 1 saturated heterocycles. The van der Waals surface area contributed by atoms with Crippen molar-refractivity contribution in [1.29, 1.82) is 0 Å². The quantitative estimate of drug-likeness (QED) is 0.811. The minimum atomic E-state index is -0.481. The number of likely N-dealkylation sites (tertiary alicyclic amines) is 1. The number of ether oxygens (including phenoxy) is 1. The first-order valence-corrected chi connectivity index (χ1v) is 6.39. The molecule has 108 valence electrons. The third kappa shape index (κ3) is 3.14. The van der Waals surface area contributed by atoms with E-state index in [9.17, 15) is 14.0 Å². The van der Waals surface area contributed by atoms with E-state index in [-0.39, 0.29) is 29.7 Å². The van der Waals surface area contributed by atoms with Gasteiger partial charge in [-0.3, -0.25) is 14.5 Å². The maximum Gasteiger partial charge on any atom is 0.221 e. The van der Waals surface area contributed by atoms with E-state index >= 15 is 0 Å². The number of rotatable bonds is 5. The number of hydrogen-bond acceptors (Lipinski definition) is 4. The number of carbonyl (C=O) groups is 2. The molecule has 0 aliphatic carbocycles. The molecule has 6 heteroatoms. The molecule has 0 radical (unpaired) electrons. The number of carbonyl (C=O) groups excluding carboxylic acids is 2. The summed E-state index contributed by atoms with van der Waals surface area (Å²) >= 11 is 0. The zero-order valence-electron chi connectivity index (χ0n) is 11.3. The lowest BCUT2D eigenvalue weighted by atomic mass is 10.1. The number of primary amides is 1. The fourth-order valence-corrected chi connectivity index (χ4v) is 2.39. The molecule has 1 aromatic carbocycles. The van der Waals surface area contributed by atoms with Gasteiger partial charge < -0.3 is 10.5 Å². The number of amides is 1. The van der Waals surface area contributed by atoms with Crippen molar-refractivity contribution in [3.8, 4) is 5.75 Å². The van der Waals surface area contributed by atoms with E-state index in [1.165, 1.54) is 25.3 Å². The van der Waals surface area contributed by atoms with Crippen LogP contribution in [0.4, 0.5) is 4.39 Å². The molecule has 20 heavy (non-hydrogen) atoms. The Morgan fingerprint density at radius 2 is 2.25 bits per heavy atom. The molecule has 1 amide bonds. The van der Waals surface area contributed by atoms with E-state index in [0.717, 1.165) is 0 Å². The molecular formula is C14H17FN2O3. The fraction of sp³-hybridized carbons (Fsp3) is 0.429. The number of methoxy groups -OCH3 is 1. The van der Waals surface area contributed by atoms with Gasteiger partial charge in [-0.05, 0) is 31.2 Å². The first-order valence-electron chi connectivity index (χ1n) is 6.39. The summed E-state index contributed by atoms with van der Waals surface area (Å²) in [6.07, 6.45) is 0.656. The average Bonchev–Trinajstić information content (AvgIpc) is 2.87. The topological polar surface area (TPSA) is 72.6 Å². The van der Waals surface area contributed by atoms with Crippen LogP contribution in [0.2, 0.25) is 0 Å². The predicted octanol–water partition coefficient (Wildman–Crippen LogP) is 0.824. The molecule has 1 heterocycles. The molecule has 1 atom stereocenters. The maximum atomic E-state index is 13.2. The number of halogens is 1. The van der Waals surface area contributed by atoms with Gasteiger partial charge in [0.2, 0.25) is 5.91 Å². The molecule has 0 aromatic heterocycles. The summed E-state index contributed by atoms with van der Waals surface area (Å²) in [6.45, 7) is 1.24. The average molecular weight is 280 g/mol. The van der Waals surface area contributed by atoms with Crippen LogP contribution in [0.3, 0.4) is 0 Å². The standard InChI is InChI=1S/C14H17FN2O3/c1-20-13-3-2-10(15)6-11(13)12(18)8-17-5-4-9(7-17)14(16)19/h2-3,6,9H,4-5,7-8H2,1H3,(H2,16,19). The molecule has 1 aliphatic rings. The number of nitrogens with zero attached hydrogens (tertiary/aromatic N) is 1. The van der Waals surface area contributed by atoms with E-state index in [2.05, 4.69) is 0 Å². The summed E-state index contributed by atoms with van der Waals surface area (Å²) < 4.78 is 18.3. The van der Waals surface area contributed by atoms with Crippen molar-refractivity contribution in [3.63, 3.8) is 0 Å². The highest BCUT2D eigenvalue weighted by Crippen LogP contribution is 2.22. The highest BCUT2D eigenvalue weighted by molar-refractivity contribution is 6.00. The Kier molecular flexibility index (Phi) is 4.34. The Bertz CT molecular complexity index is 533. The lowest BCUT2D eigenvalue weighted by molar-refractivity contribution is -0.121. The second-order valence-corrected chi connectivity index (χ2v) is 4.89. The van der Waals surface area contributed by atoms with Crippen molar-refractivity contribution in [1.82, 2.24) is 4.90 Å². The summed E-state index contributed by atoms with van der Waals surface area (Å²) in [7, 11) is 1.43. The van der Waals surface area contributed by atoms with Crippen LogP contribution >= 0.6 is 0 Å². The molecule has 1 aliphatic heterocycles. The molecule has 1 unspecified atom stereocenters. The summed E-state index contributed by atoms with van der Waals surface area (Å²) in [4.78, 5) is 25.1. The van der Waals surface area contributed by atoms with Crippen LogP contribution in [0.1, 0.15) is 16.8 Å². The van der Waals surface area contributed by atoms with Crippen molar-refractivity contribution in [2.24, 2.45) is 11.7 Å². The first kappa shape index (κ1) is 14.5. The lowest BCUT2D eigenvalue weighted by Crippen LogP contribution is -2.31. The van der Waals surface area contributed by atoms with E-state index in [1.807, 2.05) is 4.90 Å². The van der Waals surface area contributed by atoms with Gasteiger partial charge in [0, 0.05) is 6.54 Å². The van der Waals surface area contributed by atoms with Gasteiger partial charge in [-0.25, -0.2) is 4.39 Å². The zero-order valence-corrected chi connectivity index (χ0v) is 11.3.